The van der Waals surface area contributed by atoms with Crippen LogP contribution in [0.3, 0.4) is 0 Å². The molecule has 0 aromatic carbocycles. The van der Waals surface area contributed by atoms with Crippen LogP contribution >= 0.6 is 0 Å². The molecule has 0 aliphatic carbocycles. The molecule has 1 atom stereocenters. The van der Waals surface area contributed by atoms with Gasteiger partial charge in [0.1, 0.15) is 5.76 Å². The van der Waals surface area contributed by atoms with Gasteiger partial charge in [-0.2, -0.15) is 0 Å². The minimum Gasteiger partial charge on any atom is -0.468 e. The van der Waals surface area contributed by atoms with E-state index in [0.29, 0.717) is 0 Å². The average molecular weight is 139 g/mol. The van der Waals surface area contributed by atoms with E-state index in [-0.39, 0.29) is 6.04 Å². The highest BCUT2D eigenvalue weighted by Crippen LogP contribution is 2.14. The maximum atomic E-state index is 5.76. The van der Waals surface area contributed by atoms with Crippen LogP contribution in [0.15, 0.2) is 22.8 Å². The van der Waals surface area contributed by atoms with E-state index < -0.39 is 0 Å². The van der Waals surface area contributed by atoms with E-state index in [1.165, 1.54) is 0 Å². The van der Waals surface area contributed by atoms with Crippen molar-refractivity contribution in [3.8, 4) is 0 Å². The molecule has 0 saturated heterocycles. The first kappa shape index (κ1) is 7.35. The van der Waals surface area contributed by atoms with Crippen molar-refractivity contribution in [3.05, 3.63) is 24.2 Å². The van der Waals surface area contributed by atoms with Gasteiger partial charge in [0.2, 0.25) is 0 Å². The van der Waals surface area contributed by atoms with Gasteiger partial charge in [-0.25, -0.2) is 0 Å². The first-order valence-electron chi connectivity index (χ1n) is 3.63. The van der Waals surface area contributed by atoms with Gasteiger partial charge in [-0.1, -0.05) is 13.3 Å². The van der Waals surface area contributed by atoms with Crippen molar-refractivity contribution in [3.63, 3.8) is 0 Å². The standard InChI is InChI=1S/C8H13NO/c1-2-4-7(9)8-5-3-6-10-8/h3,5-7H,2,4,9H2,1H3. The summed E-state index contributed by atoms with van der Waals surface area (Å²) in [5.41, 5.74) is 5.76. The highest BCUT2D eigenvalue weighted by Gasteiger charge is 2.05. The number of hydrogen-bond donors (Lipinski definition) is 1. The molecule has 1 rings (SSSR count). The lowest BCUT2D eigenvalue weighted by Gasteiger charge is -2.04. The number of nitrogens with two attached hydrogens (primary N) is 1. The molecule has 0 aliphatic heterocycles. The highest BCUT2D eigenvalue weighted by atomic mass is 16.3. The Kier molecular flexibility index (Phi) is 2.51. The molecule has 10 heavy (non-hydrogen) atoms. The quantitative estimate of drug-likeness (QED) is 0.696. The van der Waals surface area contributed by atoms with Crippen molar-refractivity contribution in [2.45, 2.75) is 25.8 Å². The van der Waals surface area contributed by atoms with Gasteiger partial charge in [-0.15, -0.1) is 0 Å². The molecule has 1 aromatic heterocycles. The second kappa shape index (κ2) is 3.42. The van der Waals surface area contributed by atoms with Gasteiger partial charge in [0, 0.05) is 0 Å². The molecule has 0 bridgehead atoms. The molecule has 0 amide bonds. The maximum absolute atomic E-state index is 5.76. The summed E-state index contributed by atoms with van der Waals surface area (Å²) in [5, 5.41) is 0. The fourth-order valence-corrected chi connectivity index (χ4v) is 0.956. The minimum atomic E-state index is 0.0833. The van der Waals surface area contributed by atoms with Gasteiger partial charge in [0.25, 0.3) is 0 Å². The maximum Gasteiger partial charge on any atom is 0.120 e. The molecule has 0 radical (unpaired) electrons. The Bertz CT molecular complexity index is 169. The summed E-state index contributed by atoms with van der Waals surface area (Å²) in [6, 6.07) is 3.87. The summed E-state index contributed by atoms with van der Waals surface area (Å²) in [4.78, 5) is 0. The van der Waals surface area contributed by atoms with Gasteiger partial charge in [-0.05, 0) is 18.6 Å². The lowest BCUT2D eigenvalue weighted by atomic mass is 10.1. The Labute approximate surface area is 61.0 Å². The predicted molar refractivity (Wildman–Crippen MR) is 40.5 cm³/mol. The number of rotatable bonds is 3. The normalized spacial score (nSPS) is 13.4. The summed E-state index contributed by atoms with van der Waals surface area (Å²) >= 11 is 0. The molecule has 1 aromatic rings. The van der Waals surface area contributed by atoms with Crippen LogP contribution in [0.2, 0.25) is 0 Å². The molecule has 56 valence electrons. The van der Waals surface area contributed by atoms with Crippen molar-refractivity contribution in [2.75, 3.05) is 0 Å². The van der Waals surface area contributed by atoms with Gasteiger partial charge >= 0.3 is 0 Å². The van der Waals surface area contributed by atoms with E-state index >= 15 is 0 Å². The first-order chi connectivity index (χ1) is 4.84. The topological polar surface area (TPSA) is 39.2 Å². The van der Waals surface area contributed by atoms with Gasteiger partial charge in [0.05, 0.1) is 12.3 Å². The first-order valence-corrected chi connectivity index (χ1v) is 3.63. The largest absolute Gasteiger partial charge is 0.468 e. The van der Waals surface area contributed by atoms with Crippen LogP contribution in [0.1, 0.15) is 31.6 Å². The van der Waals surface area contributed by atoms with Gasteiger partial charge in [0.15, 0.2) is 0 Å². The lowest BCUT2D eigenvalue weighted by Crippen LogP contribution is -2.08. The van der Waals surface area contributed by atoms with E-state index in [1.807, 2.05) is 12.1 Å². The predicted octanol–water partition coefficient (Wildman–Crippen LogP) is 2.08. The van der Waals surface area contributed by atoms with Crippen molar-refractivity contribution in [1.82, 2.24) is 0 Å². The van der Waals surface area contributed by atoms with E-state index in [2.05, 4.69) is 6.92 Å². The van der Waals surface area contributed by atoms with Crippen LogP contribution in [0.4, 0.5) is 0 Å². The van der Waals surface area contributed by atoms with E-state index in [9.17, 15) is 0 Å². The SMILES string of the molecule is CCCC(N)c1ccco1. The molecule has 0 saturated carbocycles. The fourth-order valence-electron chi connectivity index (χ4n) is 0.956. The Balaban J connectivity index is 2.50. The summed E-state index contributed by atoms with van der Waals surface area (Å²) in [6.07, 6.45) is 3.75. The molecule has 2 N–H and O–H groups in total. The van der Waals surface area contributed by atoms with Crippen LogP contribution in [0.5, 0.6) is 0 Å². The molecular formula is C8H13NO. The van der Waals surface area contributed by atoms with Crippen molar-refractivity contribution in [2.24, 2.45) is 5.73 Å². The third-order valence-electron chi connectivity index (χ3n) is 1.51. The van der Waals surface area contributed by atoms with E-state index in [1.54, 1.807) is 6.26 Å². The second-order valence-electron chi connectivity index (χ2n) is 2.41. The third kappa shape index (κ3) is 1.61. The summed E-state index contributed by atoms with van der Waals surface area (Å²) in [5.74, 6) is 0.891. The van der Waals surface area contributed by atoms with Gasteiger partial charge in [-0.3, -0.25) is 0 Å². The van der Waals surface area contributed by atoms with Crippen molar-refractivity contribution in [1.29, 1.82) is 0 Å². The Morgan fingerprint density at radius 3 is 3.00 bits per heavy atom. The van der Waals surface area contributed by atoms with Crippen molar-refractivity contribution < 1.29 is 4.42 Å². The molecule has 2 nitrogen and oxygen atoms in total. The number of hydrogen-bond acceptors (Lipinski definition) is 2. The van der Waals surface area contributed by atoms with Crippen molar-refractivity contribution >= 4 is 0 Å². The molecule has 1 unspecified atom stereocenters. The zero-order chi connectivity index (χ0) is 7.40. The molecule has 1 heterocycles. The van der Waals surface area contributed by atoms with Crippen LogP contribution in [-0.4, -0.2) is 0 Å². The Morgan fingerprint density at radius 1 is 1.70 bits per heavy atom. The van der Waals surface area contributed by atoms with Gasteiger partial charge < -0.3 is 10.2 Å². The zero-order valence-corrected chi connectivity index (χ0v) is 6.21. The smallest absolute Gasteiger partial charge is 0.120 e. The molecule has 0 aliphatic rings. The molecular weight excluding hydrogens is 126 g/mol. The summed E-state index contributed by atoms with van der Waals surface area (Å²) in [7, 11) is 0. The Morgan fingerprint density at radius 2 is 2.50 bits per heavy atom. The van der Waals surface area contributed by atoms with Crippen LogP contribution in [-0.2, 0) is 0 Å². The fraction of sp³-hybridized carbons (Fsp3) is 0.500. The molecule has 2 heteroatoms. The van der Waals surface area contributed by atoms with Crippen LogP contribution in [0, 0.1) is 0 Å². The summed E-state index contributed by atoms with van der Waals surface area (Å²) < 4.78 is 5.12. The molecule has 0 spiro atoms. The molecule has 0 fully saturated rings. The third-order valence-corrected chi connectivity index (χ3v) is 1.51. The Hall–Kier alpha value is -0.760. The van der Waals surface area contributed by atoms with E-state index in [4.69, 9.17) is 10.2 Å². The highest BCUT2D eigenvalue weighted by molar-refractivity contribution is 5.02. The second-order valence-corrected chi connectivity index (χ2v) is 2.41. The average Bonchev–Trinajstić information content (AvgIpc) is 2.38. The van der Waals surface area contributed by atoms with Crippen LogP contribution in [0.25, 0.3) is 0 Å². The lowest BCUT2D eigenvalue weighted by molar-refractivity contribution is 0.450. The summed E-state index contributed by atoms with van der Waals surface area (Å²) in [6.45, 7) is 2.11. The zero-order valence-electron chi connectivity index (χ0n) is 6.21. The van der Waals surface area contributed by atoms with E-state index in [0.717, 1.165) is 18.6 Å². The number of furan rings is 1. The minimum absolute atomic E-state index is 0.0833. The monoisotopic (exact) mass is 139 g/mol. The van der Waals surface area contributed by atoms with Crippen LogP contribution < -0.4 is 5.73 Å².